The van der Waals surface area contributed by atoms with Crippen LogP contribution in [0.3, 0.4) is 0 Å². The Morgan fingerprint density at radius 2 is 2.11 bits per heavy atom. The lowest BCUT2D eigenvalue weighted by molar-refractivity contribution is -0.124. The van der Waals surface area contributed by atoms with E-state index in [1.807, 2.05) is 27.7 Å². The van der Waals surface area contributed by atoms with Gasteiger partial charge in [-0.05, 0) is 17.4 Å². The summed E-state index contributed by atoms with van der Waals surface area (Å²) < 4.78 is 4.61. The van der Waals surface area contributed by atoms with Crippen LogP contribution in [-0.2, 0) is 9.53 Å². The highest BCUT2D eigenvalue weighted by molar-refractivity contribution is 7.09. The summed E-state index contributed by atoms with van der Waals surface area (Å²) in [6.45, 7) is 7.61. The zero-order chi connectivity index (χ0) is 20.6. The molecule has 0 spiro atoms. The zero-order valence-corrected chi connectivity index (χ0v) is 17.1. The molecule has 0 fully saturated rings. The van der Waals surface area contributed by atoms with Gasteiger partial charge in [0.2, 0.25) is 5.91 Å². The topological polar surface area (TPSA) is 137 Å². The third-order valence-corrected chi connectivity index (χ3v) is 5.38. The molecule has 27 heavy (non-hydrogen) atoms. The fraction of sp³-hybridized carbons (Fsp3) is 0.706. The SMILES string of the molecule is CCC(C)[C@H](N=[N+]=[N-])C(=O)N[C@H](C[C@H](O)c1nc(C(=O)OC)cs1)C(C)C. The Kier molecular flexibility index (Phi) is 9.20. The maximum Gasteiger partial charge on any atom is 0.357 e. The van der Waals surface area contributed by atoms with Crippen molar-refractivity contribution >= 4 is 23.2 Å². The lowest BCUT2D eigenvalue weighted by Gasteiger charge is -2.27. The molecule has 1 aromatic heterocycles. The lowest BCUT2D eigenvalue weighted by atomic mass is 9.95. The summed E-state index contributed by atoms with van der Waals surface area (Å²) in [5.41, 5.74) is 8.87. The van der Waals surface area contributed by atoms with E-state index in [-0.39, 0.29) is 35.9 Å². The van der Waals surface area contributed by atoms with Crippen molar-refractivity contribution in [2.45, 2.75) is 58.7 Å². The molecule has 4 atom stereocenters. The monoisotopic (exact) mass is 397 g/mol. The fourth-order valence-electron chi connectivity index (χ4n) is 2.45. The molecule has 1 amide bonds. The van der Waals surface area contributed by atoms with Crippen LogP contribution in [0.15, 0.2) is 10.5 Å². The number of nitrogens with zero attached hydrogens (tertiary/aromatic N) is 4. The number of esters is 1. The quantitative estimate of drug-likeness (QED) is 0.270. The van der Waals surface area contributed by atoms with Crippen LogP contribution in [0.1, 0.15) is 62.1 Å². The first-order chi connectivity index (χ1) is 12.7. The smallest absolute Gasteiger partial charge is 0.357 e. The third-order valence-electron chi connectivity index (χ3n) is 4.44. The number of rotatable bonds is 10. The van der Waals surface area contributed by atoms with Crippen LogP contribution in [-0.4, -0.2) is 41.2 Å². The number of carbonyl (C=O) groups is 2. The van der Waals surface area contributed by atoms with Gasteiger partial charge in [0.15, 0.2) is 5.69 Å². The molecule has 1 rings (SSSR count). The highest BCUT2D eigenvalue weighted by atomic mass is 32.1. The number of aliphatic hydroxyl groups is 1. The number of ether oxygens (including phenoxy) is 1. The van der Waals surface area contributed by atoms with Crippen molar-refractivity contribution in [2.75, 3.05) is 7.11 Å². The molecule has 0 aliphatic carbocycles. The molecule has 0 aliphatic rings. The number of azide groups is 1. The Labute approximate surface area is 162 Å². The Morgan fingerprint density at radius 1 is 1.44 bits per heavy atom. The van der Waals surface area contributed by atoms with Gasteiger partial charge in [-0.25, -0.2) is 9.78 Å². The highest BCUT2D eigenvalue weighted by Gasteiger charge is 2.28. The largest absolute Gasteiger partial charge is 0.464 e. The third kappa shape index (κ3) is 6.50. The van der Waals surface area contributed by atoms with Gasteiger partial charge in [0.05, 0.1) is 7.11 Å². The number of hydrogen-bond acceptors (Lipinski definition) is 7. The molecule has 1 unspecified atom stereocenters. The van der Waals surface area contributed by atoms with Crippen LogP contribution < -0.4 is 5.32 Å². The standard InChI is InChI=1S/C17H27N5O4S/c1-6-10(4)14(21-22-18)15(24)19-11(9(2)3)7-13(23)16-20-12(8-27-16)17(25)26-5/h8-11,13-14,23H,6-7H2,1-5H3,(H,19,24)/t10?,11-,13+,14+/m1/s1. The second-order valence-electron chi connectivity index (χ2n) is 6.71. The van der Waals surface area contributed by atoms with Gasteiger partial charge in [0.1, 0.15) is 17.2 Å². The van der Waals surface area contributed by atoms with Crippen LogP contribution in [0.25, 0.3) is 10.4 Å². The van der Waals surface area contributed by atoms with E-state index < -0.39 is 18.1 Å². The molecule has 9 nitrogen and oxygen atoms in total. The summed E-state index contributed by atoms with van der Waals surface area (Å²) in [4.78, 5) is 30.9. The van der Waals surface area contributed by atoms with E-state index in [9.17, 15) is 14.7 Å². The number of methoxy groups -OCH3 is 1. The first-order valence-corrected chi connectivity index (χ1v) is 9.69. The summed E-state index contributed by atoms with van der Waals surface area (Å²) in [5, 5.41) is 18.9. The average Bonchev–Trinajstić information content (AvgIpc) is 3.14. The van der Waals surface area contributed by atoms with Crippen molar-refractivity contribution in [1.82, 2.24) is 10.3 Å². The van der Waals surface area contributed by atoms with Gasteiger partial charge in [-0.3, -0.25) is 4.79 Å². The molecule has 0 aliphatic heterocycles. The number of hydrogen-bond donors (Lipinski definition) is 2. The fourth-order valence-corrected chi connectivity index (χ4v) is 3.24. The van der Waals surface area contributed by atoms with Crippen LogP contribution in [0.2, 0.25) is 0 Å². The molecule has 0 radical (unpaired) electrons. The number of amides is 1. The first kappa shape index (κ1) is 22.9. The van der Waals surface area contributed by atoms with Gasteiger partial charge in [0.25, 0.3) is 0 Å². The normalized spacial score (nSPS) is 15.4. The Bertz CT molecular complexity index is 687. The number of nitrogens with one attached hydrogen (secondary N) is 1. The molecule has 0 aromatic carbocycles. The van der Waals surface area contributed by atoms with E-state index in [1.54, 1.807) is 0 Å². The van der Waals surface area contributed by atoms with Crippen LogP contribution in [0.5, 0.6) is 0 Å². The summed E-state index contributed by atoms with van der Waals surface area (Å²) in [7, 11) is 1.26. The Balaban J connectivity index is 2.86. The van der Waals surface area contributed by atoms with Crippen molar-refractivity contribution in [1.29, 1.82) is 0 Å². The van der Waals surface area contributed by atoms with Gasteiger partial charge < -0.3 is 15.2 Å². The minimum Gasteiger partial charge on any atom is -0.464 e. The first-order valence-electron chi connectivity index (χ1n) is 8.81. The van der Waals surface area contributed by atoms with Crippen molar-refractivity contribution in [2.24, 2.45) is 17.0 Å². The van der Waals surface area contributed by atoms with Crippen molar-refractivity contribution < 1.29 is 19.4 Å². The predicted molar refractivity (Wildman–Crippen MR) is 102 cm³/mol. The van der Waals surface area contributed by atoms with Crippen LogP contribution in [0.4, 0.5) is 0 Å². The van der Waals surface area contributed by atoms with E-state index in [0.29, 0.717) is 11.4 Å². The number of carbonyl (C=O) groups excluding carboxylic acids is 2. The van der Waals surface area contributed by atoms with Crippen LogP contribution in [0, 0.1) is 11.8 Å². The summed E-state index contributed by atoms with van der Waals surface area (Å²) in [6.07, 6.45) is -0.0228. The van der Waals surface area contributed by atoms with Crippen molar-refractivity contribution in [3.63, 3.8) is 0 Å². The van der Waals surface area contributed by atoms with Crippen molar-refractivity contribution in [3.8, 4) is 0 Å². The molecule has 1 aromatic rings. The molecule has 0 saturated heterocycles. The van der Waals surface area contributed by atoms with E-state index >= 15 is 0 Å². The van der Waals surface area contributed by atoms with E-state index in [2.05, 4.69) is 25.1 Å². The van der Waals surface area contributed by atoms with Gasteiger partial charge in [0, 0.05) is 22.8 Å². The number of aliphatic hydroxyl groups excluding tert-OH is 1. The lowest BCUT2D eigenvalue weighted by Crippen LogP contribution is -2.45. The molecule has 2 N–H and O–H groups in total. The second kappa shape index (κ2) is 10.9. The minimum absolute atomic E-state index is 0.0345. The van der Waals surface area contributed by atoms with Gasteiger partial charge in [-0.2, -0.15) is 0 Å². The molecule has 150 valence electrons. The molecule has 0 saturated carbocycles. The Morgan fingerprint density at radius 3 is 2.63 bits per heavy atom. The van der Waals surface area contributed by atoms with Gasteiger partial charge >= 0.3 is 5.97 Å². The Hall–Kier alpha value is -2.16. The highest BCUT2D eigenvalue weighted by Crippen LogP contribution is 2.25. The molecular weight excluding hydrogens is 370 g/mol. The minimum atomic E-state index is -0.942. The van der Waals surface area contributed by atoms with Gasteiger partial charge in [-0.15, -0.1) is 11.3 Å². The van der Waals surface area contributed by atoms with E-state index in [1.165, 1.54) is 12.5 Å². The van der Waals surface area contributed by atoms with E-state index in [0.717, 1.165) is 11.3 Å². The summed E-state index contributed by atoms with van der Waals surface area (Å²) in [5.74, 6) is -0.987. The van der Waals surface area contributed by atoms with Gasteiger partial charge in [-0.1, -0.05) is 39.2 Å². The molecule has 10 heteroatoms. The molecule has 1 heterocycles. The summed E-state index contributed by atoms with van der Waals surface area (Å²) in [6, 6.07) is -1.15. The zero-order valence-electron chi connectivity index (χ0n) is 16.2. The molecule has 0 bridgehead atoms. The second-order valence-corrected chi connectivity index (χ2v) is 7.60. The van der Waals surface area contributed by atoms with Crippen LogP contribution >= 0.6 is 11.3 Å². The number of aromatic nitrogens is 1. The maximum absolute atomic E-state index is 12.6. The average molecular weight is 398 g/mol. The predicted octanol–water partition coefficient (Wildman–Crippen LogP) is 3.22. The van der Waals surface area contributed by atoms with Crippen molar-refractivity contribution in [3.05, 3.63) is 26.5 Å². The number of thiazole rings is 1. The molecular formula is C17H27N5O4S. The van der Waals surface area contributed by atoms with E-state index in [4.69, 9.17) is 5.53 Å². The summed E-state index contributed by atoms with van der Waals surface area (Å²) >= 11 is 1.16. The maximum atomic E-state index is 12.6.